The third-order valence-corrected chi connectivity index (χ3v) is 3.20. The van der Waals surface area contributed by atoms with Crippen LogP contribution >= 0.6 is 0 Å². The van der Waals surface area contributed by atoms with E-state index in [1.54, 1.807) is 0 Å². The van der Waals surface area contributed by atoms with Crippen molar-refractivity contribution in [1.29, 1.82) is 0 Å². The standard InChI is InChI=1S/C16H20O2/c17-16-13-7-5-3-1-2-4-6-10-14-11-8-9-12-15(14)18-16/h4,6,8-9,11-12H,1-3,5,7,10,13H2/b6-4+. The summed E-state index contributed by atoms with van der Waals surface area (Å²) in [5, 5.41) is 0. The lowest BCUT2D eigenvalue weighted by molar-refractivity contribution is -0.134. The van der Waals surface area contributed by atoms with Crippen LogP contribution < -0.4 is 4.74 Å². The van der Waals surface area contributed by atoms with Gasteiger partial charge in [0.05, 0.1) is 0 Å². The molecule has 0 saturated heterocycles. The van der Waals surface area contributed by atoms with Crippen LogP contribution in [0.25, 0.3) is 0 Å². The third kappa shape index (κ3) is 4.02. The van der Waals surface area contributed by atoms with Gasteiger partial charge in [-0.25, -0.2) is 0 Å². The second kappa shape index (κ2) is 7.00. The number of benzene rings is 1. The Balaban J connectivity index is 2.11. The number of hydrogen-bond donors (Lipinski definition) is 0. The molecule has 0 aromatic heterocycles. The zero-order valence-corrected chi connectivity index (χ0v) is 10.7. The highest BCUT2D eigenvalue weighted by Gasteiger charge is 2.08. The Bertz CT molecular complexity index is 421. The molecule has 2 nitrogen and oxygen atoms in total. The largest absolute Gasteiger partial charge is 0.426 e. The highest BCUT2D eigenvalue weighted by atomic mass is 16.5. The van der Waals surface area contributed by atoms with E-state index in [0.29, 0.717) is 12.2 Å². The number of allylic oxidation sites excluding steroid dienone is 2. The fourth-order valence-electron chi connectivity index (χ4n) is 2.16. The van der Waals surface area contributed by atoms with E-state index < -0.39 is 0 Å². The molecule has 0 saturated carbocycles. The Morgan fingerprint density at radius 2 is 1.78 bits per heavy atom. The van der Waals surface area contributed by atoms with Gasteiger partial charge in [0.2, 0.25) is 0 Å². The molecule has 1 aromatic carbocycles. The van der Waals surface area contributed by atoms with Crippen molar-refractivity contribution in [3.63, 3.8) is 0 Å². The summed E-state index contributed by atoms with van der Waals surface area (Å²) < 4.78 is 5.44. The van der Waals surface area contributed by atoms with E-state index in [-0.39, 0.29) is 5.97 Å². The Hall–Kier alpha value is -1.57. The SMILES string of the molecule is O=C1CCCCCC/C=C/Cc2ccccc2O1. The molecule has 0 fully saturated rings. The second-order valence-corrected chi connectivity index (χ2v) is 4.71. The summed E-state index contributed by atoms with van der Waals surface area (Å²) in [6.45, 7) is 0. The summed E-state index contributed by atoms with van der Waals surface area (Å²) in [5.41, 5.74) is 1.08. The van der Waals surface area contributed by atoms with Crippen molar-refractivity contribution in [2.24, 2.45) is 0 Å². The van der Waals surface area contributed by atoms with Gasteiger partial charge in [0, 0.05) is 6.42 Å². The Morgan fingerprint density at radius 3 is 2.72 bits per heavy atom. The fraction of sp³-hybridized carbons (Fsp3) is 0.438. The molecule has 0 spiro atoms. The number of carbonyl (C=O) groups is 1. The van der Waals surface area contributed by atoms with Crippen LogP contribution in [0.1, 0.15) is 44.1 Å². The van der Waals surface area contributed by atoms with Crippen molar-refractivity contribution >= 4 is 5.97 Å². The zero-order valence-electron chi connectivity index (χ0n) is 10.7. The van der Waals surface area contributed by atoms with E-state index in [0.717, 1.165) is 31.2 Å². The third-order valence-electron chi connectivity index (χ3n) is 3.20. The molecule has 0 atom stereocenters. The Kier molecular flexibility index (Phi) is 5.00. The first-order valence-electron chi connectivity index (χ1n) is 6.80. The van der Waals surface area contributed by atoms with Gasteiger partial charge >= 0.3 is 5.97 Å². The van der Waals surface area contributed by atoms with Gasteiger partial charge in [-0.15, -0.1) is 0 Å². The number of hydrogen-bond acceptors (Lipinski definition) is 2. The maximum Gasteiger partial charge on any atom is 0.311 e. The predicted octanol–water partition coefficient (Wildman–Crippen LogP) is 4.04. The molecule has 0 bridgehead atoms. The van der Waals surface area contributed by atoms with Crippen molar-refractivity contribution < 1.29 is 9.53 Å². The molecule has 1 aliphatic heterocycles. The van der Waals surface area contributed by atoms with Crippen LogP contribution in [-0.2, 0) is 11.2 Å². The maximum absolute atomic E-state index is 11.7. The van der Waals surface area contributed by atoms with Gasteiger partial charge in [0.1, 0.15) is 5.75 Å². The van der Waals surface area contributed by atoms with E-state index in [9.17, 15) is 4.79 Å². The molecule has 0 radical (unpaired) electrons. The molecule has 1 heterocycles. The van der Waals surface area contributed by atoms with Crippen molar-refractivity contribution in [2.75, 3.05) is 0 Å². The first-order chi connectivity index (χ1) is 8.86. The zero-order chi connectivity index (χ0) is 12.6. The smallest absolute Gasteiger partial charge is 0.311 e. The lowest BCUT2D eigenvalue weighted by Gasteiger charge is -2.08. The number of ether oxygens (including phenoxy) is 1. The van der Waals surface area contributed by atoms with Crippen LogP contribution in [0.5, 0.6) is 5.75 Å². The van der Waals surface area contributed by atoms with Crippen LogP contribution in [-0.4, -0.2) is 5.97 Å². The average Bonchev–Trinajstić information content (AvgIpc) is 2.39. The molecule has 18 heavy (non-hydrogen) atoms. The highest BCUT2D eigenvalue weighted by Crippen LogP contribution is 2.20. The van der Waals surface area contributed by atoms with Crippen molar-refractivity contribution in [3.05, 3.63) is 42.0 Å². The van der Waals surface area contributed by atoms with Crippen molar-refractivity contribution in [2.45, 2.75) is 44.9 Å². The molecular weight excluding hydrogens is 224 g/mol. The van der Waals surface area contributed by atoms with Gasteiger partial charge < -0.3 is 4.74 Å². The summed E-state index contributed by atoms with van der Waals surface area (Å²) >= 11 is 0. The van der Waals surface area contributed by atoms with Gasteiger partial charge in [-0.2, -0.15) is 0 Å². The monoisotopic (exact) mass is 244 g/mol. The van der Waals surface area contributed by atoms with Gasteiger partial charge in [-0.3, -0.25) is 4.79 Å². The summed E-state index contributed by atoms with van der Waals surface area (Å²) in [6.07, 6.45) is 11.4. The number of carbonyl (C=O) groups excluding carboxylic acids is 1. The number of para-hydroxylation sites is 1. The molecule has 1 aliphatic rings. The van der Waals surface area contributed by atoms with E-state index >= 15 is 0 Å². The Morgan fingerprint density at radius 1 is 0.944 bits per heavy atom. The highest BCUT2D eigenvalue weighted by molar-refractivity contribution is 5.72. The first kappa shape index (κ1) is 12.9. The minimum atomic E-state index is -0.106. The molecule has 1 aromatic rings. The van der Waals surface area contributed by atoms with Crippen molar-refractivity contribution in [3.8, 4) is 5.75 Å². The number of esters is 1. The topological polar surface area (TPSA) is 26.3 Å². The molecule has 2 heteroatoms. The summed E-state index contributed by atoms with van der Waals surface area (Å²) in [6, 6.07) is 7.79. The fourth-order valence-corrected chi connectivity index (χ4v) is 2.16. The average molecular weight is 244 g/mol. The van der Waals surface area contributed by atoms with E-state index in [1.807, 2.05) is 24.3 Å². The Labute approximate surface area is 109 Å². The molecule has 0 unspecified atom stereocenters. The minimum absolute atomic E-state index is 0.106. The van der Waals surface area contributed by atoms with Crippen molar-refractivity contribution in [1.82, 2.24) is 0 Å². The second-order valence-electron chi connectivity index (χ2n) is 4.71. The van der Waals surface area contributed by atoms with Crippen LogP contribution in [0.15, 0.2) is 36.4 Å². The first-order valence-corrected chi connectivity index (χ1v) is 6.80. The van der Waals surface area contributed by atoms with Gasteiger partial charge in [0.25, 0.3) is 0 Å². The normalized spacial score (nSPS) is 19.7. The lowest BCUT2D eigenvalue weighted by atomic mass is 10.1. The van der Waals surface area contributed by atoms with E-state index in [4.69, 9.17) is 4.74 Å². The maximum atomic E-state index is 11.7. The lowest BCUT2D eigenvalue weighted by Crippen LogP contribution is -2.08. The molecule has 96 valence electrons. The van der Waals surface area contributed by atoms with E-state index in [1.165, 1.54) is 12.8 Å². The number of rotatable bonds is 0. The summed E-state index contributed by atoms with van der Waals surface area (Å²) in [4.78, 5) is 11.7. The molecule has 0 amide bonds. The van der Waals surface area contributed by atoms with Crippen LogP contribution in [0.4, 0.5) is 0 Å². The molecular formula is C16H20O2. The van der Waals surface area contributed by atoms with Crippen LogP contribution in [0.3, 0.4) is 0 Å². The van der Waals surface area contributed by atoms with Crippen LogP contribution in [0, 0.1) is 0 Å². The summed E-state index contributed by atoms with van der Waals surface area (Å²) in [7, 11) is 0. The molecule has 0 N–H and O–H groups in total. The summed E-state index contributed by atoms with van der Waals surface area (Å²) in [5.74, 6) is 0.608. The minimum Gasteiger partial charge on any atom is -0.426 e. The quantitative estimate of drug-likeness (QED) is 0.391. The molecule has 2 rings (SSSR count). The van der Waals surface area contributed by atoms with Crippen LogP contribution in [0.2, 0.25) is 0 Å². The number of fused-ring (bicyclic) bond motifs is 1. The molecule has 0 aliphatic carbocycles. The van der Waals surface area contributed by atoms with Gasteiger partial charge in [-0.1, -0.05) is 43.2 Å². The predicted molar refractivity (Wildman–Crippen MR) is 72.6 cm³/mol. The van der Waals surface area contributed by atoms with Gasteiger partial charge in [-0.05, 0) is 37.3 Å². The van der Waals surface area contributed by atoms with E-state index in [2.05, 4.69) is 12.2 Å². The van der Waals surface area contributed by atoms with Gasteiger partial charge in [0.15, 0.2) is 0 Å².